The molecule has 7 heteroatoms. The summed E-state index contributed by atoms with van der Waals surface area (Å²) in [7, 11) is 1.56. The van der Waals surface area contributed by atoms with Crippen molar-refractivity contribution in [3.05, 3.63) is 57.8 Å². The summed E-state index contributed by atoms with van der Waals surface area (Å²) in [5, 5.41) is 3.88. The highest BCUT2D eigenvalue weighted by atomic mass is 32.1. The largest absolute Gasteiger partial charge is 0.452 e. The van der Waals surface area contributed by atoms with E-state index in [9.17, 15) is 14.4 Å². The van der Waals surface area contributed by atoms with Gasteiger partial charge in [0, 0.05) is 7.11 Å². The second-order valence-electron chi connectivity index (χ2n) is 4.56. The lowest BCUT2D eigenvalue weighted by atomic mass is 10.1. The Labute approximate surface area is 137 Å². The molecule has 0 bridgehead atoms. The van der Waals surface area contributed by atoms with Crippen LogP contribution in [-0.4, -0.2) is 31.5 Å². The molecule has 120 valence electrons. The molecular formula is C16H15NO5S. The molecule has 0 spiro atoms. The molecular weight excluding hydrogens is 318 g/mol. The van der Waals surface area contributed by atoms with Crippen molar-refractivity contribution in [2.45, 2.75) is 6.61 Å². The number of rotatable bonds is 6. The van der Waals surface area contributed by atoms with Gasteiger partial charge in [-0.2, -0.15) is 0 Å². The third-order valence-electron chi connectivity index (χ3n) is 2.81. The maximum absolute atomic E-state index is 11.9. The van der Waals surface area contributed by atoms with Gasteiger partial charge in [0.25, 0.3) is 11.8 Å². The maximum Gasteiger partial charge on any atom is 0.338 e. The van der Waals surface area contributed by atoms with Crippen LogP contribution in [0, 0.1) is 0 Å². The Morgan fingerprint density at radius 3 is 2.70 bits per heavy atom. The van der Waals surface area contributed by atoms with Gasteiger partial charge in [0.2, 0.25) is 0 Å². The number of amides is 2. The van der Waals surface area contributed by atoms with Crippen LogP contribution in [0.2, 0.25) is 0 Å². The number of carbonyl (C=O) groups excluding carboxylic acids is 3. The molecule has 0 aliphatic carbocycles. The molecule has 0 atom stereocenters. The smallest absolute Gasteiger partial charge is 0.338 e. The van der Waals surface area contributed by atoms with Gasteiger partial charge in [-0.1, -0.05) is 18.2 Å². The van der Waals surface area contributed by atoms with Crippen molar-refractivity contribution in [3.8, 4) is 0 Å². The zero-order valence-corrected chi connectivity index (χ0v) is 13.2. The van der Waals surface area contributed by atoms with Crippen molar-refractivity contribution in [3.63, 3.8) is 0 Å². The molecule has 0 fully saturated rings. The summed E-state index contributed by atoms with van der Waals surface area (Å²) >= 11 is 1.22. The zero-order valence-electron chi connectivity index (χ0n) is 12.4. The molecule has 0 saturated heterocycles. The van der Waals surface area contributed by atoms with E-state index < -0.39 is 24.4 Å². The first-order chi connectivity index (χ1) is 11.1. The van der Waals surface area contributed by atoms with Crippen LogP contribution in [0.25, 0.3) is 0 Å². The standard InChI is InChI=1S/C16H15NO5S/c1-21-9-11-4-2-5-12(8-11)16(20)22-10-14(18)17-15(19)13-6-3-7-23-13/h2-8H,9-10H2,1H3,(H,17,18,19). The summed E-state index contributed by atoms with van der Waals surface area (Å²) in [6.45, 7) is -0.151. The van der Waals surface area contributed by atoms with Crippen LogP contribution in [0.15, 0.2) is 41.8 Å². The van der Waals surface area contributed by atoms with Gasteiger partial charge in [-0.3, -0.25) is 14.9 Å². The predicted molar refractivity (Wildman–Crippen MR) is 84.2 cm³/mol. The van der Waals surface area contributed by atoms with Gasteiger partial charge in [0.05, 0.1) is 17.0 Å². The molecule has 23 heavy (non-hydrogen) atoms. The summed E-state index contributed by atoms with van der Waals surface area (Å²) in [5.41, 5.74) is 1.14. The quantitative estimate of drug-likeness (QED) is 0.818. The van der Waals surface area contributed by atoms with Gasteiger partial charge in [0.1, 0.15) is 0 Å². The van der Waals surface area contributed by atoms with E-state index in [4.69, 9.17) is 9.47 Å². The lowest BCUT2D eigenvalue weighted by Gasteiger charge is -2.06. The Hall–Kier alpha value is -2.51. The highest BCUT2D eigenvalue weighted by Gasteiger charge is 2.14. The molecule has 6 nitrogen and oxygen atoms in total. The number of imide groups is 1. The van der Waals surface area contributed by atoms with Crippen molar-refractivity contribution < 1.29 is 23.9 Å². The first-order valence-corrected chi connectivity index (χ1v) is 7.61. The number of benzene rings is 1. The van der Waals surface area contributed by atoms with E-state index >= 15 is 0 Å². The average Bonchev–Trinajstić information content (AvgIpc) is 3.08. The lowest BCUT2D eigenvalue weighted by Crippen LogP contribution is -2.33. The Kier molecular flexibility index (Phi) is 6.02. The maximum atomic E-state index is 11.9. The number of esters is 1. The van der Waals surface area contributed by atoms with Crippen molar-refractivity contribution in [2.24, 2.45) is 0 Å². The fraction of sp³-hybridized carbons (Fsp3) is 0.188. The van der Waals surface area contributed by atoms with Crippen molar-refractivity contribution in [2.75, 3.05) is 13.7 Å². The van der Waals surface area contributed by atoms with Crippen LogP contribution in [0.1, 0.15) is 25.6 Å². The van der Waals surface area contributed by atoms with Gasteiger partial charge in [-0.15, -0.1) is 11.3 Å². The summed E-state index contributed by atoms with van der Waals surface area (Å²) in [5.74, 6) is -1.82. The summed E-state index contributed by atoms with van der Waals surface area (Å²) in [4.78, 5) is 35.6. The van der Waals surface area contributed by atoms with Crippen LogP contribution >= 0.6 is 11.3 Å². The van der Waals surface area contributed by atoms with Crippen LogP contribution in [0.4, 0.5) is 0 Å². The normalized spacial score (nSPS) is 10.1. The number of carbonyl (C=O) groups is 3. The van der Waals surface area contributed by atoms with Crippen LogP contribution < -0.4 is 5.32 Å². The van der Waals surface area contributed by atoms with Crippen LogP contribution in [0.5, 0.6) is 0 Å². The topological polar surface area (TPSA) is 81.7 Å². The minimum Gasteiger partial charge on any atom is -0.452 e. The molecule has 2 amide bonds. The summed E-state index contributed by atoms with van der Waals surface area (Å²) in [6, 6.07) is 10.0. The highest BCUT2D eigenvalue weighted by Crippen LogP contribution is 2.09. The summed E-state index contributed by atoms with van der Waals surface area (Å²) < 4.78 is 9.89. The minimum atomic E-state index is -0.676. The van der Waals surface area contributed by atoms with Crippen molar-refractivity contribution >= 4 is 29.1 Å². The van der Waals surface area contributed by atoms with Crippen molar-refractivity contribution in [1.29, 1.82) is 0 Å². The van der Waals surface area contributed by atoms with Crippen LogP contribution in [-0.2, 0) is 20.9 Å². The SMILES string of the molecule is COCc1cccc(C(=O)OCC(=O)NC(=O)c2cccs2)c1. The second kappa shape index (κ2) is 8.21. The van der Waals surface area contributed by atoms with E-state index in [2.05, 4.69) is 5.32 Å². The molecule has 0 saturated carbocycles. The van der Waals surface area contributed by atoms with Crippen molar-refractivity contribution in [1.82, 2.24) is 5.32 Å². The first-order valence-electron chi connectivity index (χ1n) is 6.73. The molecule has 0 aliphatic heterocycles. The van der Waals surface area contributed by atoms with Gasteiger partial charge >= 0.3 is 5.97 Å². The Morgan fingerprint density at radius 1 is 1.17 bits per heavy atom. The van der Waals surface area contributed by atoms with E-state index in [1.165, 1.54) is 11.3 Å². The molecule has 0 radical (unpaired) electrons. The van der Waals surface area contributed by atoms with E-state index in [0.29, 0.717) is 17.0 Å². The Balaban J connectivity index is 1.85. The fourth-order valence-corrected chi connectivity index (χ4v) is 2.42. The van der Waals surface area contributed by atoms with E-state index in [1.807, 2.05) is 6.07 Å². The molecule has 2 aromatic rings. The van der Waals surface area contributed by atoms with Crippen LogP contribution in [0.3, 0.4) is 0 Å². The molecule has 1 aromatic heterocycles. The third-order valence-corrected chi connectivity index (χ3v) is 3.67. The van der Waals surface area contributed by atoms with Gasteiger partial charge in [-0.25, -0.2) is 4.79 Å². The monoisotopic (exact) mass is 333 g/mol. The number of hydrogen-bond acceptors (Lipinski definition) is 6. The average molecular weight is 333 g/mol. The zero-order chi connectivity index (χ0) is 16.7. The molecule has 2 rings (SSSR count). The molecule has 1 N–H and O–H groups in total. The van der Waals surface area contributed by atoms with E-state index in [-0.39, 0.29) is 0 Å². The number of thiophene rings is 1. The molecule has 0 aliphatic rings. The van der Waals surface area contributed by atoms with Gasteiger partial charge < -0.3 is 9.47 Å². The number of ether oxygens (including phenoxy) is 2. The number of nitrogens with one attached hydrogen (secondary N) is 1. The van der Waals surface area contributed by atoms with Gasteiger partial charge in [-0.05, 0) is 29.1 Å². The number of methoxy groups -OCH3 is 1. The van der Waals surface area contributed by atoms with E-state index in [1.54, 1.807) is 42.8 Å². The summed E-state index contributed by atoms with van der Waals surface area (Å²) in [6.07, 6.45) is 0. The van der Waals surface area contributed by atoms with E-state index in [0.717, 1.165) is 5.56 Å². The second-order valence-corrected chi connectivity index (χ2v) is 5.51. The molecule has 1 aromatic carbocycles. The molecule has 1 heterocycles. The fourth-order valence-electron chi connectivity index (χ4n) is 1.80. The predicted octanol–water partition coefficient (Wildman–Crippen LogP) is 2.01. The highest BCUT2D eigenvalue weighted by molar-refractivity contribution is 7.12. The van der Waals surface area contributed by atoms with Gasteiger partial charge in [0.15, 0.2) is 6.61 Å². The Bertz CT molecular complexity index is 696. The first kappa shape index (κ1) is 16.9. The lowest BCUT2D eigenvalue weighted by molar-refractivity contribution is -0.123. The third kappa shape index (κ3) is 5.01. The Morgan fingerprint density at radius 2 is 2.00 bits per heavy atom. The number of hydrogen-bond donors (Lipinski definition) is 1. The molecule has 0 unspecified atom stereocenters. The minimum absolute atomic E-state index is 0.317.